The highest BCUT2D eigenvalue weighted by molar-refractivity contribution is 14.0. The Balaban J connectivity index is 0.00000338. The van der Waals surface area contributed by atoms with Crippen molar-refractivity contribution in [1.82, 2.24) is 15.6 Å². The summed E-state index contributed by atoms with van der Waals surface area (Å²) in [5.74, 6) is 1.85. The molecule has 6 nitrogen and oxygen atoms in total. The Bertz CT molecular complexity index is 539. The Morgan fingerprint density at radius 1 is 1.27 bits per heavy atom. The predicted octanol–water partition coefficient (Wildman–Crippen LogP) is 3.17. The van der Waals surface area contributed by atoms with Crippen LogP contribution in [0.1, 0.15) is 46.1 Å². The van der Waals surface area contributed by atoms with E-state index in [1.807, 2.05) is 6.20 Å². The van der Waals surface area contributed by atoms with Crippen molar-refractivity contribution in [1.29, 1.82) is 0 Å². The number of nitrogens with one attached hydrogen (secondary N) is 2. The van der Waals surface area contributed by atoms with E-state index in [-0.39, 0.29) is 29.6 Å². The highest BCUT2D eigenvalue weighted by Crippen LogP contribution is 2.23. The summed E-state index contributed by atoms with van der Waals surface area (Å²) in [5, 5.41) is 6.70. The first kappa shape index (κ1) is 23.0. The number of ether oxygens (including phenoxy) is 1. The fourth-order valence-corrected chi connectivity index (χ4v) is 3.00. The molecule has 0 radical (unpaired) electrons. The third-order valence-electron chi connectivity index (χ3n) is 4.59. The van der Waals surface area contributed by atoms with Crippen LogP contribution in [0.3, 0.4) is 0 Å². The molecular weight excluding hydrogens is 441 g/mol. The number of aromatic nitrogens is 1. The van der Waals surface area contributed by atoms with Crippen molar-refractivity contribution in [2.75, 3.05) is 37.7 Å². The zero-order valence-electron chi connectivity index (χ0n) is 16.5. The van der Waals surface area contributed by atoms with Crippen LogP contribution in [0.5, 0.6) is 0 Å². The van der Waals surface area contributed by atoms with E-state index in [2.05, 4.69) is 65.3 Å². The van der Waals surface area contributed by atoms with Gasteiger partial charge in [0.25, 0.3) is 0 Å². The van der Waals surface area contributed by atoms with E-state index in [1.54, 1.807) is 0 Å². The van der Waals surface area contributed by atoms with Gasteiger partial charge in [-0.05, 0) is 52.2 Å². The van der Waals surface area contributed by atoms with Crippen LogP contribution in [0.4, 0.5) is 5.82 Å². The van der Waals surface area contributed by atoms with Gasteiger partial charge in [-0.2, -0.15) is 0 Å². The van der Waals surface area contributed by atoms with Crippen LogP contribution >= 0.6 is 24.0 Å². The minimum atomic E-state index is -0.0802. The summed E-state index contributed by atoms with van der Waals surface area (Å²) >= 11 is 0. The molecule has 0 amide bonds. The molecule has 1 aromatic heterocycles. The maximum absolute atomic E-state index is 5.83. The summed E-state index contributed by atoms with van der Waals surface area (Å²) in [6.45, 7) is 13.5. The fourth-order valence-electron chi connectivity index (χ4n) is 3.00. The molecule has 1 aliphatic rings. The van der Waals surface area contributed by atoms with Crippen LogP contribution in [0.2, 0.25) is 0 Å². The van der Waals surface area contributed by atoms with Gasteiger partial charge >= 0.3 is 0 Å². The van der Waals surface area contributed by atoms with Gasteiger partial charge in [0.1, 0.15) is 5.82 Å². The molecule has 1 fully saturated rings. The molecule has 2 rings (SSSR count). The number of pyridine rings is 1. The molecule has 148 valence electrons. The first-order chi connectivity index (χ1) is 12.1. The minimum absolute atomic E-state index is 0. The van der Waals surface area contributed by atoms with E-state index in [9.17, 15) is 0 Å². The number of hydrogen-bond donors (Lipinski definition) is 2. The van der Waals surface area contributed by atoms with E-state index in [1.165, 1.54) is 0 Å². The highest BCUT2D eigenvalue weighted by Gasteiger charge is 2.29. The third-order valence-corrected chi connectivity index (χ3v) is 4.59. The number of aliphatic imine (C=N–C) groups is 1. The number of rotatable bonds is 8. The topological polar surface area (TPSA) is 61.8 Å². The molecular formula is C19H34IN5O. The van der Waals surface area contributed by atoms with Gasteiger partial charge in [0.15, 0.2) is 5.96 Å². The van der Waals surface area contributed by atoms with Crippen molar-refractivity contribution in [3.63, 3.8) is 0 Å². The largest absolute Gasteiger partial charge is 0.373 e. The average Bonchev–Trinajstić information content (AvgIpc) is 3.06. The van der Waals surface area contributed by atoms with Crippen molar-refractivity contribution in [2.45, 2.75) is 52.7 Å². The summed E-state index contributed by atoms with van der Waals surface area (Å²) < 4.78 is 5.83. The second-order valence-corrected chi connectivity index (χ2v) is 6.65. The molecule has 1 atom stereocenters. The van der Waals surface area contributed by atoms with Crippen molar-refractivity contribution < 1.29 is 4.74 Å². The molecule has 0 bridgehead atoms. The van der Waals surface area contributed by atoms with Crippen LogP contribution in [0, 0.1) is 0 Å². The summed E-state index contributed by atoms with van der Waals surface area (Å²) in [4.78, 5) is 11.5. The van der Waals surface area contributed by atoms with Gasteiger partial charge < -0.3 is 20.3 Å². The zero-order chi connectivity index (χ0) is 18.1. The molecule has 1 aliphatic heterocycles. The Morgan fingerprint density at radius 3 is 2.58 bits per heavy atom. The van der Waals surface area contributed by atoms with E-state index < -0.39 is 0 Å². The quantitative estimate of drug-likeness (QED) is 0.344. The monoisotopic (exact) mass is 475 g/mol. The van der Waals surface area contributed by atoms with Gasteiger partial charge in [-0.1, -0.05) is 6.07 Å². The lowest BCUT2D eigenvalue weighted by molar-refractivity contribution is 0.0243. The lowest BCUT2D eigenvalue weighted by Gasteiger charge is -2.24. The number of guanidine groups is 1. The molecule has 0 aromatic carbocycles. The summed E-state index contributed by atoms with van der Waals surface area (Å²) in [6.07, 6.45) is 4.15. The molecule has 0 spiro atoms. The summed E-state index contributed by atoms with van der Waals surface area (Å²) in [6, 6.07) is 4.18. The molecule has 26 heavy (non-hydrogen) atoms. The molecule has 2 heterocycles. The summed E-state index contributed by atoms with van der Waals surface area (Å²) in [5.41, 5.74) is 1.03. The van der Waals surface area contributed by atoms with E-state index >= 15 is 0 Å². The fraction of sp³-hybridized carbons (Fsp3) is 0.684. The first-order valence-electron chi connectivity index (χ1n) is 9.46. The minimum Gasteiger partial charge on any atom is -0.373 e. The Kier molecular flexibility index (Phi) is 10.2. The highest BCUT2D eigenvalue weighted by atomic mass is 127. The zero-order valence-corrected chi connectivity index (χ0v) is 18.9. The maximum Gasteiger partial charge on any atom is 0.191 e. The maximum atomic E-state index is 5.83. The Hall–Kier alpha value is -1.09. The Morgan fingerprint density at radius 2 is 2.04 bits per heavy atom. The smallest absolute Gasteiger partial charge is 0.191 e. The molecule has 2 N–H and O–H groups in total. The van der Waals surface area contributed by atoms with Crippen molar-refractivity contribution in [2.24, 2.45) is 4.99 Å². The number of hydrogen-bond acceptors (Lipinski definition) is 4. The first-order valence-corrected chi connectivity index (χ1v) is 9.46. The molecule has 1 unspecified atom stereocenters. The Labute approximate surface area is 175 Å². The molecule has 1 aromatic rings. The van der Waals surface area contributed by atoms with Crippen molar-refractivity contribution in [3.05, 3.63) is 23.9 Å². The second-order valence-electron chi connectivity index (χ2n) is 6.65. The second kappa shape index (κ2) is 11.6. The van der Waals surface area contributed by atoms with Gasteiger partial charge in [-0.3, -0.25) is 0 Å². The molecule has 0 aliphatic carbocycles. The predicted molar refractivity (Wildman–Crippen MR) is 120 cm³/mol. The summed E-state index contributed by atoms with van der Waals surface area (Å²) in [7, 11) is 0. The molecule has 7 heteroatoms. The third kappa shape index (κ3) is 6.90. The van der Waals surface area contributed by atoms with Gasteiger partial charge in [-0.25, -0.2) is 9.98 Å². The van der Waals surface area contributed by atoms with Crippen LogP contribution < -0.4 is 15.5 Å². The van der Waals surface area contributed by atoms with Crippen LogP contribution in [0.25, 0.3) is 0 Å². The van der Waals surface area contributed by atoms with Crippen molar-refractivity contribution in [3.8, 4) is 0 Å². The lowest BCUT2D eigenvalue weighted by Crippen LogP contribution is -2.45. The van der Waals surface area contributed by atoms with Gasteiger partial charge in [-0.15, -0.1) is 24.0 Å². The lowest BCUT2D eigenvalue weighted by atomic mass is 10.0. The number of anilines is 1. The molecule has 1 saturated heterocycles. The SMILES string of the molecule is CCNC(=NCc1ccc(N(CC)CC)nc1)NCC1(C)CCCO1.I. The average molecular weight is 475 g/mol. The number of halogens is 1. The van der Waals surface area contributed by atoms with Crippen LogP contribution in [-0.4, -0.2) is 49.3 Å². The van der Waals surface area contributed by atoms with Gasteiger partial charge in [0, 0.05) is 39.0 Å². The van der Waals surface area contributed by atoms with Crippen LogP contribution in [0.15, 0.2) is 23.3 Å². The van der Waals surface area contributed by atoms with Crippen LogP contribution in [-0.2, 0) is 11.3 Å². The standard InChI is InChI=1S/C19H33N5O.HI/c1-5-20-18(23-15-19(4)11-8-12-25-19)22-14-16-9-10-17(21-13-16)24(6-2)7-3;/h9-10,13H,5-8,11-12,14-15H2,1-4H3,(H2,20,22,23);1H. The normalized spacial score (nSPS) is 19.8. The van der Waals surface area contributed by atoms with Gasteiger partial charge in [0.05, 0.1) is 12.1 Å². The molecule has 0 saturated carbocycles. The van der Waals surface area contributed by atoms with E-state index in [0.29, 0.717) is 6.54 Å². The van der Waals surface area contributed by atoms with E-state index in [0.717, 1.165) is 63.0 Å². The van der Waals surface area contributed by atoms with Gasteiger partial charge in [0.2, 0.25) is 0 Å². The van der Waals surface area contributed by atoms with Crippen molar-refractivity contribution >= 4 is 35.8 Å². The number of nitrogens with zero attached hydrogens (tertiary/aromatic N) is 3. The van der Waals surface area contributed by atoms with E-state index in [4.69, 9.17) is 4.74 Å².